The van der Waals surface area contributed by atoms with Crippen LogP contribution in [0.15, 0.2) is 36.5 Å². The molecule has 0 saturated carbocycles. The van der Waals surface area contributed by atoms with E-state index in [0.717, 1.165) is 46.4 Å². The lowest BCUT2D eigenvalue weighted by Crippen LogP contribution is -2.29. The van der Waals surface area contributed by atoms with Crippen molar-refractivity contribution in [3.05, 3.63) is 47.7 Å². The van der Waals surface area contributed by atoms with Crippen molar-refractivity contribution in [3.63, 3.8) is 0 Å². The molecule has 3 heterocycles. The number of fused-ring (bicyclic) bond motifs is 2. The zero-order valence-electron chi connectivity index (χ0n) is 17.2. The van der Waals surface area contributed by atoms with Crippen molar-refractivity contribution in [1.82, 2.24) is 4.98 Å². The normalized spacial score (nSPS) is 15.8. The maximum absolute atomic E-state index is 12.6. The molecule has 2 aliphatic heterocycles. The van der Waals surface area contributed by atoms with Crippen LogP contribution in [-0.4, -0.2) is 38.3 Å². The molecule has 1 aromatic heterocycles. The third kappa shape index (κ3) is 3.03. The molecule has 0 N–H and O–H groups in total. The SMILES string of the molecule is COc1cc2cc3c(c(-c4ccc(N5CCCCC5)nc4)c2cc1OC)C(=O)OC3. The number of anilines is 1. The van der Waals surface area contributed by atoms with E-state index in [9.17, 15) is 4.79 Å². The van der Waals surface area contributed by atoms with Gasteiger partial charge >= 0.3 is 5.97 Å². The predicted molar refractivity (Wildman–Crippen MR) is 115 cm³/mol. The number of hydrogen-bond donors (Lipinski definition) is 0. The molecule has 0 atom stereocenters. The first kappa shape index (κ1) is 18.7. The van der Waals surface area contributed by atoms with E-state index in [1.54, 1.807) is 14.2 Å². The van der Waals surface area contributed by atoms with Gasteiger partial charge in [0.25, 0.3) is 0 Å². The molecule has 6 nitrogen and oxygen atoms in total. The van der Waals surface area contributed by atoms with Crippen LogP contribution in [0.3, 0.4) is 0 Å². The number of hydrogen-bond acceptors (Lipinski definition) is 6. The molecule has 0 amide bonds. The Morgan fingerprint density at radius 3 is 2.43 bits per heavy atom. The van der Waals surface area contributed by atoms with Crippen molar-refractivity contribution < 1.29 is 19.0 Å². The minimum atomic E-state index is -0.295. The number of cyclic esters (lactones) is 1. The number of carbonyl (C=O) groups is 1. The number of pyridine rings is 1. The van der Waals surface area contributed by atoms with Gasteiger partial charge in [-0.15, -0.1) is 0 Å². The summed E-state index contributed by atoms with van der Waals surface area (Å²) in [6.07, 6.45) is 5.55. The first-order valence-corrected chi connectivity index (χ1v) is 10.3. The number of piperidine rings is 1. The Bertz CT molecular complexity index is 1120. The molecule has 30 heavy (non-hydrogen) atoms. The van der Waals surface area contributed by atoms with Crippen LogP contribution >= 0.6 is 0 Å². The topological polar surface area (TPSA) is 60.9 Å². The van der Waals surface area contributed by atoms with Crippen LogP contribution in [0.5, 0.6) is 11.5 Å². The van der Waals surface area contributed by atoms with Crippen molar-refractivity contribution in [2.45, 2.75) is 25.9 Å². The third-order valence-electron chi connectivity index (χ3n) is 6.01. The zero-order chi connectivity index (χ0) is 20.7. The molecule has 0 spiro atoms. The summed E-state index contributed by atoms with van der Waals surface area (Å²) in [5, 5.41) is 1.89. The van der Waals surface area contributed by atoms with Gasteiger partial charge in [0.15, 0.2) is 11.5 Å². The van der Waals surface area contributed by atoms with Crippen LogP contribution in [0, 0.1) is 0 Å². The average molecular weight is 404 g/mol. The van der Waals surface area contributed by atoms with Crippen LogP contribution in [0.2, 0.25) is 0 Å². The van der Waals surface area contributed by atoms with Crippen molar-refractivity contribution in [3.8, 4) is 22.6 Å². The Morgan fingerprint density at radius 1 is 0.967 bits per heavy atom. The molecule has 2 aliphatic rings. The first-order chi connectivity index (χ1) is 14.7. The van der Waals surface area contributed by atoms with Gasteiger partial charge in [-0.3, -0.25) is 0 Å². The number of ether oxygens (including phenoxy) is 3. The van der Waals surface area contributed by atoms with Crippen molar-refractivity contribution in [2.24, 2.45) is 0 Å². The number of benzene rings is 2. The lowest BCUT2D eigenvalue weighted by atomic mass is 9.91. The second kappa shape index (κ2) is 7.52. The number of nitrogens with zero attached hydrogens (tertiary/aromatic N) is 2. The van der Waals surface area contributed by atoms with Crippen LogP contribution in [0.25, 0.3) is 21.9 Å². The summed E-state index contributed by atoms with van der Waals surface area (Å²) in [5.74, 6) is 1.96. The van der Waals surface area contributed by atoms with Crippen molar-refractivity contribution in [2.75, 3.05) is 32.2 Å². The molecular weight excluding hydrogens is 380 g/mol. The Hall–Kier alpha value is -3.28. The summed E-state index contributed by atoms with van der Waals surface area (Å²) >= 11 is 0. The number of rotatable bonds is 4. The summed E-state index contributed by atoms with van der Waals surface area (Å²) < 4.78 is 16.3. The van der Waals surface area contributed by atoms with E-state index in [1.165, 1.54) is 19.3 Å². The van der Waals surface area contributed by atoms with Gasteiger partial charge in [-0.2, -0.15) is 0 Å². The molecule has 2 aromatic carbocycles. The molecule has 0 unspecified atom stereocenters. The Labute approximate surface area is 175 Å². The second-order valence-electron chi connectivity index (χ2n) is 7.74. The number of aromatic nitrogens is 1. The number of carbonyl (C=O) groups excluding carboxylic acids is 1. The zero-order valence-corrected chi connectivity index (χ0v) is 17.2. The van der Waals surface area contributed by atoms with Crippen LogP contribution < -0.4 is 14.4 Å². The minimum Gasteiger partial charge on any atom is -0.493 e. The predicted octanol–water partition coefficient (Wildman–Crippen LogP) is 4.58. The molecule has 1 fully saturated rings. The molecule has 3 aromatic rings. The molecular formula is C24H24N2O4. The summed E-state index contributed by atoms with van der Waals surface area (Å²) in [7, 11) is 3.23. The summed E-state index contributed by atoms with van der Waals surface area (Å²) in [6, 6.07) is 9.96. The van der Waals surface area contributed by atoms with E-state index in [4.69, 9.17) is 19.2 Å². The highest BCUT2D eigenvalue weighted by Gasteiger charge is 2.28. The highest BCUT2D eigenvalue weighted by Crippen LogP contribution is 2.42. The smallest absolute Gasteiger partial charge is 0.339 e. The molecule has 6 heteroatoms. The van der Waals surface area contributed by atoms with Gasteiger partial charge in [0.05, 0.1) is 19.8 Å². The number of methoxy groups -OCH3 is 2. The largest absolute Gasteiger partial charge is 0.493 e. The highest BCUT2D eigenvalue weighted by atomic mass is 16.5. The summed E-state index contributed by atoms with van der Waals surface area (Å²) in [5.41, 5.74) is 3.23. The maximum Gasteiger partial charge on any atom is 0.339 e. The molecule has 154 valence electrons. The molecule has 5 rings (SSSR count). The minimum absolute atomic E-state index is 0.282. The van der Waals surface area contributed by atoms with E-state index in [0.29, 0.717) is 17.1 Å². The molecule has 0 bridgehead atoms. The monoisotopic (exact) mass is 404 g/mol. The molecule has 0 radical (unpaired) electrons. The van der Waals surface area contributed by atoms with Crippen LogP contribution in [0.4, 0.5) is 5.82 Å². The average Bonchev–Trinajstić information content (AvgIpc) is 3.17. The molecule has 0 aliphatic carbocycles. The van der Waals surface area contributed by atoms with E-state index >= 15 is 0 Å². The highest BCUT2D eigenvalue weighted by molar-refractivity contribution is 6.11. The van der Waals surface area contributed by atoms with Gasteiger partial charge < -0.3 is 19.1 Å². The lowest BCUT2D eigenvalue weighted by Gasteiger charge is -2.27. The maximum atomic E-state index is 12.6. The van der Waals surface area contributed by atoms with Gasteiger partial charge in [0.1, 0.15) is 12.4 Å². The van der Waals surface area contributed by atoms with Crippen LogP contribution in [0.1, 0.15) is 35.2 Å². The number of esters is 1. The van der Waals surface area contributed by atoms with E-state index in [1.807, 2.05) is 36.5 Å². The standard InChI is InChI=1S/C24H24N2O4/c1-28-19-11-16-10-17-14-30-24(27)23(17)22(18(16)12-20(19)29-2)15-6-7-21(25-13-15)26-8-4-3-5-9-26/h6-7,10-13H,3-5,8-9,14H2,1-2H3. The molecule has 1 saturated heterocycles. The summed E-state index contributed by atoms with van der Waals surface area (Å²) in [4.78, 5) is 19.6. The van der Waals surface area contributed by atoms with E-state index in [2.05, 4.69) is 4.90 Å². The quantitative estimate of drug-likeness (QED) is 0.593. The fourth-order valence-corrected chi connectivity index (χ4v) is 4.49. The van der Waals surface area contributed by atoms with Gasteiger partial charge in [-0.1, -0.05) is 0 Å². The fourth-order valence-electron chi connectivity index (χ4n) is 4.49. The van der Waals surface area contributed by atoms with Gasteiger partial charge in [0.2, 0.25) is 0 Å². The first-order valence-electron chi connectivity index (χ1n) is 10.3. The van der Waals surface area contributed by atoms with Crippen LogP contribution in [-0.2, 0) is 11.3 Å². The second-order valence-corrected chi connectivity index (χ2v) is 7.74. The fraction of sp³-hybridized carbons (Fsp3) is 0.333. The Balaban J connectivity index is 1.69. The summed E-state index contributed by atoms with van der Waals surface area (Å²) in [6.45, 7) is 2.36. The third-order valence-corrected chi connectivity index (χ3v) is 6.01. The Kier molecular flexibility index (Phi) is 4.69. The van der Waals surface area contributed by atoms with E-state index < -0.39 is 0 Å². The van der Waals surface area contributed by atoms with Gasteiger partial charge in [0, 0.05) is 36.0 Å². The van der Waals surface area contributed by atoms with Crippen molar-refractivity contribution >= 4 is 22.6 Å². The Morgan fingerprint density at radius 2 is 1.73 bits per heavy atom. The van der Waals surface area contributed by atoms with Crippen molar-refractivity contribution in [1.29, 1.82) is 0 Å². The van der Waals surface area contributed by atoms with E-state index in [-0.39, 0.29) is 12.6 Å². The van der Waals surface area contributed by atoms with Gasteiger partial charge in [-0.05, 0) is 60.4 Å². The van der Waals surface area contributed by atoms with Gasteiger partial charge in [-0.25, -0.2) is 9.78 Å². The lowest BCUT2D eigenvalue weighted by molar-refractivity contribution is 0.0535.